The number of carbonyl (C=O) groups excluding carboxylic acids is 1. The van der Waals surface area contributed by atoms with Gasteiger partial charge in [0.15, 0.2) is 0 Å². The van der Waals surface area contributed by atoms with Crippen LogP contribution >= 0.6 is 15.9 Å². The molecule has 1 amide bonds. The molecule has 0 saturated carbocycles. The number of halogens is 1. The van der Waals surface area contributed by atoms with Crippen LogP contribution < -0.4 is 11.1 Å². The molecule has 0 aliphatic rings. The fraction of sp³-hybridized carbons (Fsp3) is 0.733. The van der Waals surface area contributed by atoms with Gasteiger partial charge in [0, 0.05) is 12.2 Å². The molecule has 1 aromatic heterocycles. The van der Waals surface area contributed by atoms with E-state index < -0.39 is 5.54 Å². The zero-order valence-electron chi connectivity index (χ0n) is 13.5. The number of aromatic nitrogens is 2. The molecule has 0 spiro atoms. The SMILES string of the molecule is CCCNC(C)(CCCCn1nc(C)c(Br)c1C)C(N)=O. The molecule has 21 heavy (non-hydrogen) atoms. The van der Waals surface area contributed by atoms with Crippen LogP contribution in [-0.4, -0.2) is 27.8 Å². The molecule has 1 aromatic rings. The lowest BCUT2D eigenvalue weighted by molar-refractivity contribution is -0.124. The van der Waals surface area contributed by atoms with Crippen LogP contribution in [0.15, 0.2) is 4.47 Å². The highest BCUT2D eigenvalue weighted by atomic mass is 79.9. The van der Waals surface area contributed by atoms with Gasteiger partial charge < -0.3 is 11.1 Å². The van der Waals surface area contributed by atoms with Crippen LogP contribution in [0.25, 0.3) is 0 Å². The lowest BCUT2D eigenvalue weighted by atomic mass is 9.93. The fourth-order valence-electron chi connectivity index (χ4n) is 2.33. The van der Waals surface area contributed by atoms with Gasteiger partial charge in [-0.25, -0.2) is 0 Å². The minimum atomic E-state index is -0.605. The highest BCUT2D eigenvalue weighted by Gasteiger charge is 2.29. The molecule has 120 valence electrons. The molecule has 6 heteroatoms. The zero-order chi connectivity index (χ0) is 16.0. The van der Waals surface area contributed by atoms with E-state index in [-0.39, 0.29) is 5.91 Å². The minimum absolute atomic E-state index is 0.273. The van der Waals surface area contributed by atoms with Crippen molar-refractivity contribution in [2.75, 3.05) is 6.54 Å². The number of nitrogens with zero attached hydrogens (tertiary/aromatic N) is 2. The number of unbranched alkanes of at least 4 members (excludes halogenated alkanes) is 1. The lowest BCUT2D eigenvalue weighted by Gasteiger charge is -2.27. The van der Waals surface area contributed by atoms with Gasteiger partial charge in [0.1, 0.15) is 0 Å². The summed E-state index contributed by atoms with van der Waals surface area (Å²) in [5.74, 6) is -0.273. The molecule has 0 aliphatic carbocycles. The molecule has 1 atom stereocenters. The van der Waals surface area contributed by atoms with E-state index in [1.54, 1.807) is 0 Å². The Kier molecular flexibility index (Phi) is 6.87. The molecule has 1 heterocycles. The smallest absolute Gasteiger partial charge is 0.237 e. The Morgan fingerprint density at radius 2 is 2.10 bits per heavy atom. The van der Waals surface area contributed by atoms with Gasteiger partial charge in [0.25, 0.3) is 0 Å². The van der Waals surface area contributed by atoms with E-state index in [0.717, 1.165) is 54.6 Å². The number of amides is 1. The van der Waals surface area contributed by atoms with Gasteiger partial charge in [-0.2, -0.15) is 5.10 Å². The Labute approximate surface area is 135 Å². The first-order valence-corrected chi connectivity index (χ1v) is 8.35. The molecule has 0 aromatic carbocycles. The summed E-state index contributed by atoms with van der Waals surface area (Å²) in [6.45, 7) is 9.69. The van der Waals surface area contributed by atoms with Crippen molar-refractivity contribution in [3.8, 4) is 0 Å². The number of aryl methyl sites for hydroxylation is 2. The quantitative estimate of drug-likeness (QED) is 0.666. The van der Waals surface area contributed by atoms with Crippen LogP contribution in [0.1, 0.15) is 50.9 Å². The predicted molar refractivity (Wildman–Crippen MR) is 89.1 cm³/mol. The maximum absolute atomic E-state index is 11.6. The van der Waals surface area contributed by atoms with Crippen molar-refractivity contribution in [2.45, 2.75) is 65.5 Å². The van der Waals surface area contributed by atoms with E-state index in [0.29, 0.717) is 0 Å². The van der Waals surface area contributed by atoms with Crippen molar-refractivity contribution in [1.29, 1.82) is 0 Å². The first-order valence-electron chi connectivity index (χ1n) is 7.56. The molecule has 0 radical (unpaired) electrons. The number of hydrogen-bond donors (Lipinski definition) is 2. The van der Waals surface area contributed by atoms with E-state index in [1.807, 2.05) is 18.5 Å². The van der Waals surface area contributed by atoms with Crippen LogP contribution in [0, 0.1) is 13.8 Å². The summed E-state index contributed by atoms with van der Waals surface area (Å²) in [6.07, 6.45) is 3.66. The van der Waals surface area contributed by atoms with Gasteiger partial charge >= 0.3 is 0 Å². The molecule has 0 aliphatic heterocycles. The van der Waals surface area contributed by atoms with Gasteiger partial charge in [0.2, 0.25) is 5.91 Å². The first-order chi connectivity index (χ1) is 9.81. The average Bonchev–Trinajstić information content (AvgIpc) is 2.68. The molecule has 3 N–H and O–H groups in total. The zero-order valence-corrected chi connectivity index (χ0v) is 15.1. The summed E-state index contributed by atoms with van der Waals surface area (Å²) in [5, 5.41) is 7.76. The van der Waals surface area contributed by atoms with Crippen molar-refractivity contribution in [3.05, 3.63) is 15.9 Å². The maximum Gasteiger partial charge on any atom is 0.237 e. The molecular weight excluding hydrogens is 332 g/mol. The van der Waals surface area contributed by atoms with Crippen molar-refractivity contribution in [3.63, 3.8) is 0 Å². The Hall–Kier alpha value is -0.880. The molecule has 1 unspecified atom stereocenters. The topological polar surface area (TPSA) is 72.9 Å². The molecule has 0 saturated heterocycles. The predicted octanol–water partition coefficient (Wildman–Crippen LogP) is 2.68. The molecule has 5 nitrogen and oxygen atoms in total. The largest absolute Gasteiger partial charge is 0.368 e. The van der Waals surface area contributed by atoms with Crippen LogP contribution in [0.2, 0.25) is 0 Å². The Morgan fingerprint density at radius 1 is 1.43 bits per heavy atom. The van der Waals surface area contributed by atoms with E-state index in [4.69, 9.17) is 5.73 Å². The number of carbonyl (C=O) groups is 1. The standard InChI is InChI=1S/C15H27BrN4O/c1-5-9-18-15(4,14(17)21)8-6-7-10-20-12(3)13(16)11(2)19-20/h18H,5-10H2,1-4H3,(H2,17,21). The number of hydrogen-bond acceptors (Lipinski definition) is 3. The Bertz CT molecular complexity index is 486. The number of primary amides is 1. The third-order valence-corrected chi connectivity index (χ3v) is 5.05. The fourth-order valence-corrected chi connectivity index (χ4v) is 2.62. The highest BCUT2D eigenvalue weighted by molar-refractivity contribution is 9.10. The van der Waals surface area contributed by atoms with Gasteiger partial charge in [-0.1, -0.05) is 6.92 Å². The first kappa shape index (κ1) is 18.2. The van der Waals surface area contributed by atoms with Crippen LogP contribution in [-0.2, 0) is 11.3 Å². The van der Waals surface area contributed by atoms with Crippen LogP contribution in [0.5, 0.6) is 0 Å². The second kappa shape index (κ2) is 7.94. The number of rotatable bonds is 9. The molecule has 0 fully saturated rings. The van der Waals surface area contributed by atoms with Gasteiger partial charge in [-0.3, -0.25) is 9.48 Å². The molecular formula is C15H27BrN4O. The summed E-state index contributed by atoms with van der Waals surface area (Å²) in [4.78, 5) is 11.6. The maximum atomic E-state index is 11.6. The van der Waals surface area contributed by atoms with Crippen LogP contribution in [0.3, 0.4) is 0 Å². The summed E-state index contributed by atoms with van der Waals surface area (Å²) in [5.41, 5.74) is 7.08. The molecule has 1 rings (SSSR count). The normalized spacial score (nSPS) is 14.1. The summed E-state index contributed by atoms with van der Waals surface area (Å²) < 4.78 is 3.09. The number of nitrogens with two attached hydrogens (primary N) is 1. The Morgan fingerprint density at radius 3 is 2.57 bits per heavy atom. The van der Waals surface area contributed by atoms with E-state index in [9.17, 15) is 4.79 Å². The van der Waals surface area contributed by atoms with Crippen molar-refractivity contribution < 1.29 is 4.79 Å². The van der Waals surface area contributed by atoms with E-state index >= 15 is 0 Å². The summed E-state index contributed by atoms with van der Waals surface area (Å²) in [6, 6.07) is 0. The van der Waals surface area contributed by atoms with E-state index in [1.165, 1.54) is 0 Å². The van der Waals surface area contributed by atoms with Crippen LogP contribution in [0.4, 0.5) is 0 Å². The third-order valence-electron chi connectivity index (χ3n) is 3.90. The highest BCUT2D eigenvalue weighted by Crippen LogP contribution is 2.21. The monoisotopic (exact) mass is 358 g/mol. The van der Waals surface area contributed by atoms with E-state index in [2.05, 4.69) is 40.2 Å². The Balaban J connectivity index is 2.47. The van der Waals surface area contributed by atoms with Crippen molar-refractivity contribution >= 4 is 21.8 Å². The summed E-state index contributed by atoms with van der Waals surface area (Å²) in [7, 11) is 0. The lowest BCUT2D eigenvalue weighted by Crippen LogP contribution is -2.53. The van der Waals surface area contributed by atoms with Crippen molar-refractivity contribution in [2.24, 2.45) is 5.73 Å². The average molecular weight is 359 g/mol. The third kappa shape index (κ3) is 4.81. The minimum Gasteiger partial charge on any atom is -0.368 e. The van der Waals surface area contributed by atoms with Gasteiger partial charge in [-0.05, 0) is 68.9 Å². The van der Waals surface area contributed by atoms with Crippen molar-refractivity contribution in [1.82, 2.24) is 15.1 Å². The second-order valence-corrected chi connectivity index (χ2v) is 6.58. The van der Waals surface area contributed by atoms with Gasteiger partial charge in [0.05, 0.1) is 15.7 Å². The number of nitrogens with one attached hydrogen (secondary N) is 1. The van der Waals surface area contributed by atoms with Gasteiger partial charge in [-0.15, -0.1) is 0 Å². The summed E-state index contributed by atoms with van der Waals surface area (Å²) >= 11 is 3.53. The molecule has 0 bridgehead atoms. The second-order valence-electron chi connectivity index (χ2n) is 5.79.